The van der Waals surface area contributed by atoms with Crippen LogP contribution in [0.25, 0.3) is 0 Å². The molecule has 4 nitrogen and oxygen atoms in total. The highest BCUT2D eigenvalue weighted by Crippen LogP contribution is 2.20. The molecule has 0 heterocycles. The van der Waals surface area contributed by atoms with Gasteiger partial charge in [0.15, 0.2) is 0 Å². The van der Waals surface area contributed by atoms with E-state index in [1.165, 1.54) is 5.56 Å². The van der Waals surface area contributed by atoms with Crippen LogP contribution in [0.5, 0.6) is 5.75 Å². The molecule has 0 saturated carbocycles. The summed E-state index contributed by atoms with van der Waals surface area (Å²) >= 11 is 0. The molecule has 1 unspecified atom stereocenters. The molecule has 0 saturated heterocycles. The van der Waals surface area contributed by atoms with E-state index in [2.05, 4.69) is 36.6 Å². The third kappa shape index (κ3) is 5.04. The van der Waals surface area contributed by atoms with Gasteiger partial charge in [-0.05, 0) is 58.6 Å². The van der Waals surface area contributed by atoms with Crippen molar-refractivity contribution in [1.29, 1.82) is 0 Å². The van der Waals surface area contributed by atoms with Crippen molar-refractivity contribution in [2.75, 3.05) is 20.6 Å². The molecule has 0 aliphatic carbocycles. The minimum absolute atomic E-state index is 0.181. The Balaban J connectivity index is 2.63. The summed E-state index contributed by atoms with van der Waals surface area (Å²) in [5.41, 5.74) is 4.06. The summed E-state index contributed by atoms with van der Waals surface area (Å²) in [4.78, 5) is 2.15. The third-order valence-corrected chi connectivity index (χ3v) is 2.72. The van der Waals surface area contributed by atoms with Crippen molar-refractivity contribution in [2.45, 2.75) is 32.4 Å². The molecular formula is C14H25N3O. The fourth-order valence-corrected chi connectivity index (χ4v) is 1.78. The fourth-order valence-electron chi connectivity index (χ4n) is 1.78. The van der Waals surface area contributed by atoms with Gasteiger partial charge in [0.25, 0.3) is 0 Å². The number of nitrogens with one attached hydrogen (secondary N) is 1. The Bertz CT molecular complexity index is 335. The molecule has 0 amide bonds. The highest BCUT2D eigenvalue weighted by atomic mass is 16.5. The quantitative estimate of drug-likeness (QED) is 0.574. The van der Waals surface area contributed by atoms with Crippen molar-refractivity contribution < 1.29 is 4.74 Å². The number of nitrogens with zero attached hydrogens (tertiary/aromatic N) is 1. The predicted octanol–water partition coefficient (Wildman–Crippen LogP) is 1.93. The van der Waals surface area contributed by atoms with E-state index >= 15 is 0 Å². The van der Waals surface area contributed by atoms with Gasteiger partial charge in [-0.1, -0.05) is 12.1 Å². The maximum absolute atomic E-state index is 5.62. The normalized spacial score (nSPS) is 13.1. The van der Waals surface area contributed by atoms with Crippen molar-refractivity contribution >= 4 is 0 Å². The molecule has 102 valence electrons. The molecule has 1 rings (SSSR count). The van der Waals surface area contributed by atoms with Gasteiger partial charge >= 0.3 is 0 Å². The lowest BCUT2D eigenvalue weighted by molar-refractivity contribution is 0.242. The Morgan fingerprint density at radius 3 is 2.28 bits per heavy atom. The molecule has 0 fully saturated rings. The van der Waals surface area contributed by atoms with E-state index in [-0.39, 0.29) is 12.1 Å². The fraction of sp³-hybridized carbons (Fsp3) is 0.571. The molecule has 4 heteroatoms. The Morgan fingerprint density at radius 1 is 1.22 bits per heavy atom. The van der Waals surface area contributed by atoms with Crippen molar-refractivity contribution in [3.63, 3.8) is 0 Å². The van der Waals surface area contributed by atoms with E-state index in [4.69, 9.17) is 10.6 Å². The first-order valence-electron chi connectivity index (χ1n) is 6.40. The van der Waals surface area contributed by atoms with Gasteiger partial charge in [0.1, 0.15) is 5.75 Å². The van der Waals surface area contributed by atoms with E-state index in [1.807, 2.05) is 26.0 Å². The van der Waals surface area contributed by atoms with Crippen LogP contribution in [0.3, 0.4) is 0 Å². The third-order valence-electron chi connectivity index (χ3n) is 2.72. The van der Waals surface area contributed by atoms with Crippen LogP contribution in [-0.2, 0) is 0 Å². The predicted molar refractivity (Wildman–Crippen MR) is 75.4 cm³/mol. The molecular weight excluding hydrogens is 226 g/mol. The first-order valence-corrected chi connectivity index (χ1v) is 6.40. The Kier molecular flexibility index (Phi) is 6.12. The average Bonchev–Trinajstić information content (AvgIpc) is 2.31. The first kappa shape index (κ1) is 15.0. The van der Waals surface area contributed by atoms with Crippen LogP contribution in [-0.4, -0.2) is 31.6 Å². The van der Waals surface area contributed by atoms with Gasteiger partial charge in [-0.3, -0.25) is 11.3 Å². The summed E-state index contributed by atoms with van der Waals surface area (Å²) in [6, 6.07) is 8.31. The van der Waals surface area contributed by atoms with Crippen LogP contribution in [0, 0.1) is 0 Å². The minimum Gasteiger partial charge on any atom is -0.491 e. The highest BCUT2D eigenvalue weighted by Gasteiger charge is 2.10. The molecule has 0 aliphatic heterocycles. The molecule has 1 aromatic carbocycles. The van der Waals surface area contributed by atoms with Crippen molar-refractivity contribution in [1.82, 2.24) is 10.3 Å². The minimum atomic E-state index is 0.181. The van der Waals surface area contributed by atoms with Gasteiger partial charge in [-0.2, -0.15) is 0 Å². The maximum atomic E-state index is 5.62. The largest absolute Gasteiger partial charge is 0.491 e. The highest BCUT2D eigenvalue weighted by molar-refractivity contribution is 5.29. The van der Waals surface area contributed by atoms with E-state index in [9.17, 15) is 0 Å². The molecule has 0 aromatic heterocycles. The van der Waals surface area contributed by atoms with E-state index in [0.717, 1.165) is 18.7 Å². The van der Waals surface area contributed by atoms with Gasteiger partial charge in [-0.15, -0.1) is 0 Å². The summed E-state index contributed by atoms with van der Waals surface area (Å²) in [6.45, 7) is 5.05. The summed E-state index contributed by atoms with van der Waals surface area (Å²) < 4.78 is 5.62. The standard InChI is InChI=1S/C14H25N3O/c1-11(2)18-13-7-5-12(6-8-13)14(16-15)9-10-17(3)4/h5-8,11,14,16H,9-10,15H2,1-4H3. The van der Waals surface area contributed by atoms with Crippen LogP contribution in [0.1, 0.15) is 31.9 Å². The topological polar surface area (TPSA) is 50.5 Å². The van der Waals surface area contributed by atoms with Gasteiger partial charge in [-0.25, -0.2) is 0 Å². The maximum Gasteiger partial charge on any atom is 0.119 e. The number of nitrogens with two attached hydrogens (primary N) is 1. The molecule has 0 aliphatic rings. The zero-order valence-corrected chi connectivity index (χ0v) is 11.8. The van der Waals surface area contributed by atoms with Crippen LogP contribution in [0.4, 0.5) is 0 Å². The summed E-state index contributed by atoms with van der Waals surface area (Å²) in [5.74, 6) is 6.51. The lowest BCUT2D eigenvalue weighted by Crippen LogP contribution is -2.30. The Hall–Kier alpha value is -1.10. The average molecular weight is 251 g/mol. The molecule has 0 spiro atoms. The smallest absolute Gasteiger partial charge is 0.119 e. The molecule has 3 N–H and O–H groups in total. The summed E-state index contributed by atoms with van der Waals surface area (Å²) in [5, 5.41) is 0. The second-order valence-corrected chi connectivity index (χ2v) is 5.05. The van der Waals surface area contributed by atoms with Gasteiger partial charge in [0.05, 0.1) is 6.10 Å². The number of hydrogen-bond acceptors (Lipinski definition) is 4. The van der Waals surface area contributed by atoms with E-state index < -0.39 is 0 Å². The van der Waals surface area contributed by atoms with Crippen LogP contribution in [0.2, 0.25) is 0 Å². The Labute approximate surface area is 110 Å². The second-order valence-electron chi connectivity index (χ2n) is 5.05. The van der Waals surface area contributed by atoms with E-state index in [1.54, 1.807) is 0 Å². The SMILES string of the molecule is CC(C)Oc1ccc(C(CCN(C)C)NN)cc1. The number of rotatable bonds is 7. The zero-order valence-electron chi connectivity index (χ0n) is 11.8. The molecule has 1 atom stereocenters. The zero-order chi connectivity index (χ0) is 13.5. The second kappa shape index (κ2) is 7.36. The number of ether oxygens (including phenoxy) is 1. The van der Waals surface area contributed by atoms with Crippen molar-refractivity contribution in [2.24, 2.45) is 5.84 Å². The molecule has 0 bridgehead atoms. The van der Waals surface area contributed by atoms with Crippen molar-refractivity contribution in [3.8, 4) is 5.75 Å². The monoisotopic (exact) mass is 251 g/mol. The number of hydrogen-bond donors (Lipinski definition) is 2. The van der Waals surface area contributed by atoms with Crippen LogP contribution < -0.4 is 16.0 Å². The number of benzene rings is 1. The Morgan fingerprint density at radius 2 is 1.83 bits per heavy atom. The number of hydrazine groups is 1. The van der Waals surface area contributed by atoms with Crippen molar-refractivity contribution in [3.05, 3.63) is 29.8 Å². The van der Waals surface area contributed by atoms with Gasteiger partial charge < -0.3 is 9.64 Å². The van der Waals surface area contributed by atoms with E-state index in [0.29, 0.717) is 0 Å². The summed E-state index contributed by atoms with van der Waals surface area (Å²) in [7, 11) is 4.13. The molecule has 1 aromatic rings. The lowest BCUT2D eigenvalue weighted by atomic mass is 10.0. The van der Waals surface area contributed by atoms with Crippen LogP contribution in [0.15, 0.2) is 24.3 Å². The summed E-state index contributed by atoms with van der Waals surface area (Å²) in [6.07, 6.45) is 1.18. The lowest BCUT2D eigenvalue weighted by Gasteiger charge is -2.19. The van der Waals surface area contributed by atoms with Crippen LogP contribution >= 0.6 is 0 Å². The van der Waals surface area contributed by atoms with Gasteiger partial charge in [0, 0.05) is 6.04 Å². The van der Waals surface area contributed by atoms with Gasteiger partial charge in [0.2, 0.25) is 0 Å². The first-order chi connectivity index (χ1) is 8.52. The molecule has 18 heavy (non-hydrogen) atoms. The molecule has 0 radical (unpaired) electrons.